The Kier molecular flexibility index (Phi) is 7.77. The Balaban J connectivity index is 2.17. The highest BCUT2D eigenvalue weighted by Crippen LogP contribution is 2.54. The van der Waals surface area contributed by atoms with Crippen LogP contribution in [-0.4, -0.2) is 33.4 Å². The number of terminal acetylenes is 1. The number of aliphatic hydroxyl groups is 1. The number of carboxylic acids is 1. The highest BCUT2D eigenvalue weighted by molar-refractivity contribution is 7.43. The monoisotopic (exact) mass is 545 g/mol. The van der Waals surface area contributed by atoms with Gasteiger partial charge >= 0.3 is 5.97 Å². The molecule has 3 unspecified atom stereocenters. The van der Waals surface area contributed by atoms with Gasteiger partial charge < -0.3 is 14.7 Å². The van der Waals surface area contributed by atoms with Crippen molar-refractivity contribution in [3.8, 4) is 34.7 Å². The first-order valence-electron chi connectivity index (χ1n) is 12.3. The van der Waals surface area contributed by atoms with E-state index in [4.69, 9.17) is 15.9 Å². The van der Waals surface area contributed by atoms with Gasteiger partial charge in [-0.05, 0) is 52.9 Å². The minimum Gasteiger partial charge on any atom is -0.480 e. The van der Waals surface area contributed by atoms with Crippen LogP contribution in [0.2, 0.25) is 0 Å². The van der Waals surface area contributed by atoms with Crippen molar-refractivity contribution in [2.24, 2.45) is 0 Å². The van der Waals surface area contributed by atoms with E-state index in [0.29, 0.717) is 22.5 Å². The average Bonchev–Trinajstić information content (AvgIpc) is 2.92. The molecular formula is C31H29FNO5P. The second kappa shape index (κ2) is 10.7. The molecule has 4 rings (SSSR count). The largest absolute Gasteiger partial charge is 0.480 e. The summed E-state index contributed by atoms with van der Waals surface area (Å²) in [5.74, 6) is -0.358. The number of carboxylic acid groups (broad SMARTS) is 1. The van der Waals surface area contributed by atoms with E-state index in [1.807, 2.05) is 56.3 Å². The van der Waals surface area contributed by atoms with Gasteiger partial charge in [0.05, 0.1) is 11.4 Å². The number of rotatable bonds is 8. The standard InChI is InChI=1S/C31H29FNO5P/c1-6-31(29(34)35,39(37)38-5)30(4,36)27-25(21-14-16-22(32)17-15-21)18-26(33-28(27)19(2)3)24-13-9-11-20-10-7-8-12-23(20)24/h1,7-19,36,39H,2-5H3,(H,34,35). The van der Waals surface area contributed by atoms with Gasteiger partial charge in [-0.15, -0.1) is 6.42 Å². The SMILES string of the molecule is C#CC(C(=O)O)([PH](=O)OC)C(C)(O)c1c(-c2ccc(F)cc2)cc(-c2cccc3ccccc23)nc1C(C)C. The molecule has 0 radical (unpaired) electrons. The first-order valence-corrected chi connectivity index (χ1v) is 13.6. The van der Waals surface area contributed by atoms with Crippen LogP contribution in [0.4, 0.5) is 4.39 Å². The lowest BCUT2D eigenvalue weighted by Crippen LogP contribution is -2.53. The Hall–Kier alpha value is -3.82. The zero-order valence-corrected chi connectivity index (χ0v) is 23.0. The minimum absolute atomic E-state index is 0.0869. The molecule has 4 aromatic rings. The minimum atomic E-state index is -3.54. The third kappa shape index (κ3) is 4.66. The van der Waals surface area contributed by atoms with Gasteiger partial charge in [0.2, 0.25) is 13.2 Å². The van der Waals surface area contributed by atoms with Crippen molar-refractivity contribution >= 4 is 24.8 Å². The molecule has 3 atom stereocenters. The van der Waals surface area contributed by atoms with E-state index in [1.165, 1.54) is 31.2 Å². The predicted molar refractivity (Wildman–Crippen MR) is 151 cm³/mol. The Morgan fingerprint density at radius 2 is 1.72 bits per heavy atom. The van der Waals surface area contributed by atoms with Crippen molar-refractivity contribution < 1.29 is 28.5 Å². The van der Waals surface area contributed by atoms with Crippen LogP contribution in [0, 0.1) is 18.2 Å². The van der Waals surface area contributed by atoms with Crippen LogP contribution in [-0.2, 0) is 19.5 Å². The molecule has 8 heteroatoms. The molecule has 0 aliphatic rings. The first kappa shape index (κ1) is 28.2. The lowest BCUT2D eigenvalue weighted by atomic mass is 9.76. The summed E-state index contributed by atoms with van der Waals surface area (Å²) in [6.45, 7) is 4.91. The Bertz CT molecular complexity index is 1620. The van der Waals surface area contributed by atoms with E-state index >= 15 is 0 Å². The highest BCUT2D eigenvalue weighted by atomic mass is 31.1. The van der Waals surface area contributed by atoms with E-state index in [-0.39, 0.29) is 11.5 Å². The molecule has 200 valence electrons. The molecule has 0 aliphatic heterocycles. The molecule has 0 bridgehead atoms. The zero-order chi connectivity index (χ0) is 28.5. The number of hydrogen-bond acceptors (Lipinski definition) is 5. The van der Waals surface area contributed by atoms with Gasteiger partial charge in [0, 0.05) is 18.2 Å². The van der Waals surface area contributed by atoms with Gasteiger partial charge in [-0.2, -0.15) is 0 Å². The van der Waals surface area contributed by atoms with Gasteiger partial charge in [0.1, 0.15) is 11.4 Å². The second-order valence-electron chi connectivity index (χ2n) is 9.77. The van der Waals surface area contributed by atoms with Crippen LogP contribution in [0.1, 0.15) is 37.9 Å². The molecule has 0 fully saturated rings. The van der Waals surface area contributed by atoms with Crippen molar-refractivity contribution in [2.45, 2.75) is 37.4 Å². The number of pyridine rings is 1. The summed E-state index contributed by atoms with van der Waals surface area (Å²) in [7, 11) is -2.46. The second-order valence-corrected chi connectivity index (χ2v) is 11.5. The number of aliphatic carboxylic acids is 1. The third-order valence-corrected chi connectivity index (χ3v) is 8.89. The molecular weight excluding hydrogens is 516 g/mol. The quantitative estimate of drug-likeness (QED) is 0.191. The molecule has 0 aliphatic carbocycles. The summed E-state index contributed by atoms with van der Waals surface area (Å²) in [5, 5.41) is 21.7. The number of carbonyl (C=O) groups is 1. The van der Waals surface area contributed by atoms with Gasteiger partial charge in [-0.1, -0.05) is 74.4 Å². The van der Waals surface area contributed by atoms with Gasteiger partial charge in [0.25, 0.3) is 0 Å². The Morgan fingerprint density at radius 3 is 2.31 bits per heavy atom. The van der Waals surface area contributed by atoms with Gasteiger partial charge in [-0.3, -0.25) is 9.55 Å². The summed E-state index contributed by atoms with van der Waals surface area (Å²) in [6, 6.07) is 20.9. The molecule has 0 amide bonds. The van der Waals surface area contributed by atoms with Crippen molar-refractivity contribution in [1.82, 2.24) is 4.98 Å². The van der Waals surface area contributed by atoms with Crippen LogP contribution >= 0.6 is 8.03 Å². The summed E-state index contributed by atoms with van der Waals surface area (Å²) in [5.41, 5.74) is 0.291. The lowest BCUT2D eigenvalue weighted by Gasteiger charge is -2.40. The molecule has 2 N–H and O–H groups in total. The van der Waals surface area contributed by atoms with E-state index in [9.17, 15) is 24.0 Å². The molecule has 0 saturated heterocycles. The van der Waals surface area contributed by atoms with Crippen molar-refractivity contribution in [3.05, 3.63) is 89.9 Å². The molecule has 3 aromatic carbocycles. The number of benzene rings is 3. The number of halogens is 1. The van der Waals surface area contributed by atoms with E-state index in [1.54, 1.807) is 6.07 Å². The van der Waals surface area contributed by atoms with Crippen LogP contribution in [0.25, 0.3) is 33.2 Å². The highest BCUT2D eigenvalue weighted by Gasteiger charge is 2.60. The molecule has 1 heterocycles. The Labute approximate surface area is 227 Å². The van der Waals surface area contributed by atoms with Crippen molar-refractivity contribution in [2.75, 3.05) is 7.11 Å². The predicted octanol–water partition coefficient (Wildman–Crippen LogP) is 6.62. The van der Waals surface area contributed by atoms with Gasteiger partial charge in [-0.25, -0.2) is 9.18 Å². The molecule has 1 aromatic heterocycles. The van der Waals surface area contributed by atoms with Crippen molar-refractivity contribution in [3.63, 3.8) is 0 Å². The van der Waals surface area contributed by atoms with Crippen LogP contribution in [0.15, 0.2) is 72.8 Å². The third-order valence-electron chi connectivity index (χ3n) is 7.06. The lowest BCUT2D eigenvalue weighted by molar-refractivity contribution is -0.145. The fraction of sp³-hybridized carbons (Fsp3) is 0.226. The summed E-state index contributed by atoms with van der Waals surface area (Å²) in [4.78, 5) is 17.6. The maximum atomic E-state index is 13.9. The summed E-state index contributed by atoms with van der Waals surface area (Å²) in [6.07, 6.45) is 5.71. The molecule has 0 saturated carbocycles. The van der Waals surface area contributed by atoms with E-state index in [0.717, 1.165) is 23.4 Å². The molecule has 0 spiro atoms. The zero-order valence-electron chi connectivity index (χ0n) is 22.0. The number of aromatic nitrogens is 1. The average molecular weight is 546 g/mol. The van der Waals surface area contributed by atoms with Gasteiger partial charge in [0.15, 0.2) is 0 Å². The van der Waals surface area contributed by atoms with E-state index < -0.39 is 30.6 Å². The van der Waals surface area contributed by atoms with E-state index in [2.05, 4.69) is 5.92 Å². The fourth-order valence-electron chi connectivity index (χ4n) is 5.03. The summed E-state index contributed by atoms with van der Waals surface area (Å²) >= 11 is 0. The van der Waals surface area contributed by atoms with Crippen LogP contribution in [0.5, 0.6) is 0 Å². The Morgan fingerprint density at radius 1 is 1.08 bits per heavy atom. The molecule has 6 nitrogen and oxygen atoms in total. The van der Waals surface area contributed by atoms with Crippen LogP contribution in [0.3, 0.4) is 0 Å². The number of fused-ring (bicyclic) bond motifs is 1. The normalized spacial score (nSPS) is 15.3. The summed E-state index contributed by atoms with van der Waals surface area (Å²) < 4.78 is 32.1. The molecule has 39 heavy (non-hydrogen) atoms. The van der Waals surface area contributed by atoms with Crippen LogP contribution < -0.4 is 0 Å². The first-order chi connectivity index (χ1) is 18.5. The number of hydrogen-bond donors (Lipinski definition) is 2. The topological polar surface area (TPSA) is 96.7 Å². The maximum Gasteiger partial charge on any atom is 0.335 e. The maximum absolute atomic E-state index is 13.9. The smallest absolute Gasteiger partial charge is 0.335 e. The van der Waals surface area contributed by atoms with Crippen molar-refractivity contribution in [1.29, 1.82) is 0 Å². The number of nitrogens with zero attached hydrogens (tertiary/aromatic N) is 1. The fourth-order valence-corrected chi connectivity index (χ4v) is 6.16.